The third-order valence-electron chi connectivity index (χ3n) is 3.84. The first-order valence-electron chi connectivity index (χ1n) is 6.81. The number of hydrogen-bond donors (Lipinski definition) is 0. The van der Waals surface area contributed by atoms with E-state index in [1.54, 1.807) is 19.2 Å². The highest BCUT2D eigenvalue weighted by Crippen LogP contribution is 2.32. The Labute approximate surface area is 117 Å². The molecule has 1 aliphatic heterocycles. The van der Waals surface area contributed by atoms with Crippen LogP contribution in [0.1, 0.15) is 29.5 Å². The first-order chi connectivity index (χ1) is 9.41. The number of nitrogens with zero attached hydrogens (tertiary/aromatic N) is 1. The molecule has 20 heavy (non-hydrogen) atoms. The highest BCUT2D eigenvalue weighted by atomic mass is 19.4. The van der Waals surface area contributed by atoms with Gasteiger partial charge in [0.2, 0.25) is 0 Å². The first kappa shape index (κ1) is 15.3. The van der Waals surface area contributed by atoms with Gasteiger partial charge in [-0.2, -0.15) is 13.2 Å². The third kappa shape index (κ3) is 3.52. The van der Waals surface area contributed by atoms with Gasteiger partial charge in [-0.3, -0.25) is 4.90 Å². The van der Waals surface area contributed by atoms with Gasteiger partial charge in [-0.15, -0.1) is 0 Å². The standard InChI is InChI=1S/C15H20F3NO/c1-11-8-12(5-6-14(11)15(16,17)18)9-19-7-3-4-13(19)10-20-2/h5-6,8,13H,3-4,7,9-10H2,1-2H3. The molecule has 0 radical (unpaired) electrons. The molecule has 1 atom stereocenters. The van der Waals surface area contributed by atoms with Gasteiger partial charge in [0.25, 0.3) is 0 Å². The van der Waals surface area contributed by atoms with E-state index in [2.05, 4.69) is 4.90 Å². The lowest BCUT2D eigenvalue weighted by atomic mass is 10.0. The Morgan fingerprint density at radius 1 is 1.35 bits per heavy atom. The number of methoxy groups -OCH3 is 1. The summed E-state index contributed by atoms with van der Waals surface area (Å²) in [7, 11) is 1.68. The van der Waals surface area contributed by atoms with Gasteiger partial charge in [0.15, 0.2) is 0 Å². The Balaban J connectivity index is 2.09. The second kappa shape index (κ2) is 6.14. The number of aryl methyl sites for hydroxylation is 1. The van der Waals surface area contributed by atoms with Crippen molar-refractivity contribution < 1.29 is 17.9 Å². The van der Waals surface area contributed by atoms with Crippen LogP contribution in [0.5, 0.6) is 0 Å². The molecule has 1 unspecified atom stereocenters. The zero-order valence-corrected chi connectivity index (χ0v) is 11.8. The predicted molar refractivity (Wildman–Crippen MR) is 71.5 cm³/mol. The van der Waals surface area contributed by atoms with Crippen molar-refractivity contribution in [3.05, 3.63) is 34.9 Å². The summed E-state index contributed by atoms with van der Waals surface area (Å²) in [5, 5.41) is 0. The van der Waals surface area contributed by atoms with Gasteiger partial charge < -0.3 is 4.74 Å². The Morgan fingerprint density at radius 3 is 2.70 bits per heavy atom. The summed E-state index contributed by atoms with van der Waals surface area (Å²) in [5.74, 6) is 0. The van der Waals surface area contributed by atoms with Crippen LogP contribution in [0.15, 0.2) is 18.2 Å². The van der Waals surface area contributed by atoms with Crippen molar-refractivity contribution in [3.8, 4) is 0 Å². The zero-order chi connectivity index (χ0) is 14.8. The molecule has 0 aliphatic carbocycles. The van der Waals surface area contributed by atoms with Crippen molar-refractivity contribution in [1.29, 1.82) is 0 Å². The average molecular weight is 287 g/mol. The molecule has 0 aromatic heterocycles. The van der Waals surface area contributed by atoms with Crippen molar-refractivity contribution >= 4 is 0 Å². The minimum Gasteiger partial charge on any atom is -0.383 e. The first-order valence-corrected chi connectivity index (χ1v) is 6.81. The van der Waals surface area contributed by atoms with Gasteiger partial charge in [-0.1, -0.05) is 12.1 Å². The molecule has 1 fully saturated rings. The monoisotopic (exact) mass is 287 g/mol. The predicted octanol–water partition coefficient (Wildman–Crippen LogP) is 3.62. The third-order valence-corrected chi connectivity index (χ3v) is 3.84. The van der Waals surface area contributed by atoms with Gasteiger partial charge in [0.05, 0.1) is 12.2 Å². The van der Waals surface area contributed by atoms with Crippen LogP contribution < -0.4 is 0 Å². The van der Waals surface area contributed by atoms with Crippen molar-refractivity contribution in [2.24, 2.45) is 0 Å². The summed E-state index contributed by atoms with van der Waals surface area (Å²) in [6, 6.07) is 4.79. The van der Waals surface area contributed by atoms with E-state index in [-0.39, 0.29) is 5.56 Å². The molecule has 0 spiro atoms. The molecular weight excluding hydrogens is 267 g/mol. The molecule has 112 valence electrons. The summed E-state index contributed by atoms with van der Waals surface area (Å²) in [5.41, 5.74) is 0.673. The number of hydrogen-bond acceptors (Lipinski definition) is 2. The van der Waals surface area contributed by atoms with Gasteiger partial charge in [-0.05, 0) is 43.5 Å². The van der Waals surface area contributed by atoms with E-state index in [4.69, 9.17) is 4.74 Å². The summed E-state index contributed by atoms with van der Waals surface area (Å²) in [4.78, 5) is 2.28. The Hall–Kier alpha value is -1.07. The fraction of sp³-hybridized carbons (Fsp3) is 0.600. The summed E-state index contributed by atoms with van der Waals surface area (Å²) in [6.45, 7) is 3.86. The molecule has 0 N–H and O–H groups in total. The molecule has 2 nitrogen and oxygen atoms in total. The van der Waals surface area contributed by atoms with Crippen LogP contribution in [0.4, 0.5) is 13.2 Å². The lowest BCUT2D eigenvalue weighted by Gasteiger charge is -2.24. The number of halogens is 3. The maximum Gasteiger partial charge on any atom is 0.416 e. The lowest BCUT2D eigenvalue weighted by molar-refractivity contribution is -0.138. The molecule has 1 saturated heterocycles. The van der Waals surface area contributed by atoms with Crippen molar-refractivity contribution in [3.63, 3.8) is 0 Å². The maximum absolute atomic E-state index is 12.7. The highest BCUT2D eigenvalue weighted by Gasteiger charge is 2.32. The fourth-order valence-electron chi connectivity index (χ4n) is 2.86. The van der Waals surface area contributed by atoms with Gasteiger partial charge in [0, 0.05) is 19.7 Å². The van der Waals surface area contributed by atoms with E-state index in [1.807, 2.05) is 0 Å². The van der Waals surface area contributed by atoms with Crippen LogP contribution >= 0.6 is 0 Å². The van der Waals surface area contributed by atoms with Crippen LogP contribution in [0.25, 0.3) is 0 Å². The van der Waals surface area contributed by atoms with Crippen molar-refractivity contribution in [2.75, 3.05) is 20.3 Å². The highest BCUT2D eigenvalue weighted by molar-refractivity contribution is 5.33. The van der Waals surface area contributed by atoms with Crippen LogP contribution in [-0.2, 0) is 17.5 Å². The van der Waals surface area contributed by atoms with Crippen molar-refractivity contribution in [1.82, 2.24) is 4.90 Å². The maximum atomic E-state index is 12.7. The second-order valence-electron chi connectivity index (χ2n) is 5.37. The zero-order valence-electron chi connectivity index (χ0n) is 11.8. The van der Waals surface area contributed by atoms with Crippen molar-refractivity contribution in [2.45, 2.75) is 38.5 Å². The van der Waals surface area contributed by atoms with Gasteiger partial charge >= 0.3 is 6.18 Å². The number of alkyl halides is 3. The largest absolute Gasteiger partial charge is 0.416 e. The molecule has 1 aliphatic rings. The number of ether oxygens (including phenoxy) is 1. The number of benzene rings is 1. The fourth-order valence-corrected chi connectivity index (χ4v) is 2.86. The Morgan fingerprint density at radius 2 is 2.10 bits per heavy atom. The minimum atomic E-state index is -4.27. The smallest absolute Gasteiger partial charge is 0.383 e. The van der Waals surface area contributed by atoms with Crippen LogP contribution in [0.3, 0.4) is 0 Å². The molecule has 0 saturated carbocycles. The van der Waals surface area contributed by atoms with Crippen LogP contribution in [0.2, 0.25) is 0 Å². The molecule has 5 heteroatoms. The van der Waals surface area contributed by atoms with E-state index in [0.29, 0.717) is 19.2 Å². The Kier molecular flexibility index (Phi) is 4.70. The second-order valence-corrected chi connectivity index (χ2v) is 5.37. The molecule has 0 amide bonds. The van der Waals surface area contributed by atoms with E-state index in [0.717, 1.165) is 24.9 Å². The molecule has 1 aromatic carbocycles. The van der Waals surface area contributed by atoms with Crippen LogP contribution in [0, 0.1) is 6.92 Å². The minimum absolute atomic E-state index is 0.289. The molecule has 2 rings (SSSR count). The van der Waals surface area contributed by atoms with Gasteiger partial charge in [-0.25, -0.2) is 0 Å². The molecule has 1 aromatic rings. The van der Waals surface area contributed by atoms with E-state index in [1.165, 1.54) is 13.0 Å². The molecular formula is C15H20F3NO. The Bertz CT molecular complexity index is 459. The lowest BCUT2D eigenvalue weighted by Crippen LogP contribution is -2.32. The quantitative estimate of drug-likeness (QED) is 0.838. The van der Waals surface area contributed by atoms with E-state index >= 15 is 0 Å². The summed E-state index contributed by atoms with van der Waals surface area (Å²) in [6.07, 6.45) is -2.06. The summed E-state index contributed by atoms with van der Waals surface area (Å²) < 4.78 is 43.4. The number of likely N-dealkylation sites (tertiary alicyclic amines) is 1. The number of rotatable bonds is 4. The SMILES string of the molecule is COCC1CCCN1Cc1ccc(C(F)(F)F)c(C)c1. The van der Waals surface area contributed by atoms with Crippen LogP contribution in [-0.4, -0.2) is 31.2 Å². The molecule has 1 heterocycles. The summed E-state index contributed by atoms with van der Waals surface area (Å²) >= 11 is 0. The molecule has 0 bridgehead atoms. The topological polar surface area (TPSA) is 12.5 Å². The normalized spacial score (nSPS) is 20.6. The van der Waals surface area contributed by atoms with E-state index in [9.17, 15) is 13.2 Å². The van der Waals surface area contributed by atoms with Gasteiger partial charge in [0.1, 0.15) is 0 Å². The van der Waals surface area contributed by atoms with E-state index < -0.39 is 11.7 Å². The average Bonchev–Trinajstić information content (AvgIpc) is 2.75.